The second-order valence-electron chi connectivity index (χ2n) is 8.69. The van der Waals surface area contributed by atoms with Crippen LogP contribution in [0.2, 0.25) is 0 Å². The van der Waals surface area contributed by atoms with Crippen LogP contribution in [0.15, 0.2) is 46.6 Å². The fourth-order valence-electron chi connectivity index (χ4n) is 3.70. The van der Waals surface area contributed by atoms with Gasteiger partial charge in [-0.1, -0.05) is 12.5 Å². The molecule has 1 aromatic heterocycles. The molecule has 2 aromatic carbocycles. The monoisotopic (exact) mass is 528 g/mol. The summed E-state index contributed by atoms with van der Waals surface area (Å²) in [7, 11) is 5.04. The number of nitrogens with zero attached hydrogens (tertiary/aromatic N) is 5. The Kier molecular flexibility index (Phi) is 10.4. The van der Waals surface area contributed by atoms with E-state index in [0.717, 1.165) is 16.6 Å². The summed E-state index contributed by atoms with van der Waals surface area (Å²) in [6.45, 7) is 9.99. The lowest BCUT2D eigenvalue weighted by Crippen LogP contribution is -2.39. The van der Waals surface area contributed by atoms with Crippen molar-refractivity contribution in [1.29, 1.82) is 0 Å². The summed E-state index contributed by atoms with van der Waals surface area (Å²) in [5, 5.41) is 21.2. The summed E-state index contributed by atoms with van der Waals surface area (Å²) in [6, 6.07) is 11.6. The normalized spacial score (nSPS) is 11.0. The Balaban J connectivity index is 0.00000481. The molecule has 0 atom stereocenters. The Morgan fingerprint density at radius 1 is 1.03 bits per heavy atom. The third-order valence-corrected chi connectivity index (χ3v) is 6.27. The maximum absolute atomic E-state index is 11.9. The second kappa shape index (κ2) is 13.0. The number of nitrogens with one attached hydrogen (secondary N) is 2. The number of anilines is 4. The van der Waals surface area contributed by atoms with Gasteiger partial charge >= 0.3 is 5.13 Å². The van der Waals surface area contributed by atoms with E-state index in [0.29, 0.717) is 40.0 Å². The number of carbonyl (C=O) groups is 1. The van der Waals surface area contributed by atoms with Crippen LogP contribution in [0.1, 0.15) is 42.0 Å². The standard InChI is InChI=1S/C25H33N7O3S.CH4/c1-15(2)32(16(3)4)25-30-31(6)24(36-25)29-28-21-14-23(35-8)22(13-20(21)26-17(5)33)27-18-9-11-19(34-7)12-10-18;/h9-16H,1-8H3,(H,26,27,33);1H4/p+1. The maximum Gasteiger partial charge on any atom is 0.431 e. The molecule has 2 N–H and O–H groups in total. The van der Waals surface area contributed by atoms with E-state index in [2.05, 4.69) is 58.6 Å². The largest absolute Gasteiger partial charge is 0.497 e. The SMILES string of the molecule is C.COc1ccc(Nc2cc(NC(C)=O)c(N=Nc3sc(N(C(C)C)C(C)C)n[n+]3C)cc2OC)cc1. The molecule has 0 spiro atoms. The van der Waals surface area contributed by atoms with Crippen LogP contribution >= 0.6 is 11.3 Å². The Hall–Kier alpha value is -3.73. The van der Waals surface area contributed by atoms with E-state index in [-0.39, 0.29) is 13.3 Å². The summed E-state index contributed by atoms with van der Waals surface area (Å²) in [5.41, 5.74) is 2.46. The molecular formula is C26H38N7O3S+. The zero-order chi connectivity index (χ0) is 26.4. The molecule has 1 amide bonds. The zero-order valence-electron chi connectivity index (χ0n) is 22.0. The van der Waals surface area contributed by atoms with Crippen LogP contribution in [0.3, 0.4) is 0 Å². The summed E-state index contributed by atoms with van der Waals surface area (Å²) >= 11 is 1.46. The van der Waals surface area contributed by atoms with Gasteiger partial charge in [0.2, 0.25) is 11.0 Å². The first-order valence-corrected chi connectivity index (χ1v) is 12.4. The highest BCUT2D eigenvalue weighted by atomic mass is 32.1. The first-order chi connectivity index (χ1) is 17.1. The highest BCUT2D eigenvalue weighted by Crippen LogP contribution is 2.39. The van der Waals surface area contributed by atoms with Crippen molar-refractivity contribution in [1.82, 2.24) is 5.10 Å². The van der Waals surface area contributed by atoms with Crippen LogP contribution in [0, 0.1) is 0 Å². The van der Waals surface area contributed by atoms with Gasteiger partial charge in [0.15, 0.2) is 0 Å². The highest BCUT2D eigenvalue weighted by Gasteiger charge is 2.24. The first kappa shape index (κ1) is 29.5. The Morgan fingerprint density at radius 2 is 1.68 bits per heavy atom. The topological polar surface area (TPSA) is 104 Å². The predicted molar refractivity (Wildman–Crippen MR) is 151 cm³/mol. The number of amides is 1. The number of ether oxygens (including phenoxy) is 2. The van der Waals surface area contributed by atoms with Gasteiger partial charge in [0.1, 0.15) is 24.2 Å². The fourth-order valence-corrected chi connectivity index (χ4v) is 4.81. The van der Waals surface area contributed by atoms with E-state index in [9.17, 15) is 4.79 Å². The molecule has 0 saturated heterocycles. The quantitative estimate of drug-likeness (QED) is 0.234. The number of aromatic nitrogens is 2. The van der Waals surface area contributed by atoms with Gasteiger partial charge in [0.25, 0.3) is 0 Å². The van der Waals surface area contributed by atoms with Crippen molar-refractivity contribution in [3.63, 3.8) is 0 Å². The minimum atomic E-state index is -0.220. The van der Waals surface area contributed by atoms with Gasteiger partial charge in [-0.25, -0.2) is 0 Å². The lowest BCUT2D eigenvalue weighted by Gasteiger charge is -2.28. The molecule has 10 nitrogen and oxygen atoms in total. The molecule has 3 rings (SSSR count). The molecule has 0 saturated carbocycles. The number of azo groups is 1. The minimum Gasteiger partial charge on any atom is -0.497 e. The van der Waals surface area contributed by atoms with Crippen molar-refractivity contribution in [2.75, 3.05) is 29.8 Å². The third kappa shape index (κ3) is 7.39. The molecular weight excluding hydrogens is 490 g/mol. The number of rotatable bonds is 10. The lowest BCUT2D eigenvalue weighted by molar-refractivity contribution is -0.712. The zero-order valence-corrected chi connectivity index (χ0v) is 22.8. The number of aryl methyl sites for hydroxylation is 1. The number of methoxy groups -OCH3 is 2. The number of benzene rings is 2. The summed E-state index contributed by atoms with van der Waals surface area (Å²) in [5.74, 6) is 1.09. The second-order valence-corrected chi connectivity index (χ2v) is 9.62. The number of hydrogen-bond donors (Lipinski definition) is 2. The number of hydrogen-bond acceptors (Lipinski definition) is 9. The van der Waals surface area contributed by atoms with Crippen LogP contribution in [0.4, 0.5) is 33.0 Å². The van der Waals surface area contributed by atoms with Crippen LogP contribution in [-0.4, -0.2) is 37.3 Å². The Labute approximate surface area is 223 Å². The third-order valence-electron chi connectivity index (χ3n) is 5.27. The molecule has 0 radical (unpaired) electrons. The molecule has 11 heteroatoms. The van der Waals surface area contributed by atoms with Gasteiger partial charge in [0.05, 0.1) is 30.7 Å². The summed E-state index contributed by atoms with van der Waals surface area (Å²) < 4.78 is 12.5. The smallest absolute Gasteiger partial charge is 0.431 e. The molecule has 1 heterocycles. The van der Waals surface area contributed by atoms with Crippen LogP contribution in [0.25, 0.3) is 0 Å². The van der Waals surface area contributed by atoms with Gasteiger partial charge in [0, 0.05) is 30.8 Å². The molecule has 3 aromatic rings. The molecule has 0 bridgehead atoms. The van der Waals surface area contributed by atoms with Gasteiger partial charge < -0.3 is 25.0 Å². The van der Waals surface area contributed by atoms with Gasteiger partial charge in [-0.05, 0) is 74.5 Å². The van der Waals surface area contributed by atoms with Crippen molar-refractivity contribution in [3.05, 3.63) is 36.4 Å². The molecule has 0 fully saturated rings. The molecule has 200 valence electrons. The minimum absolute atomic E-state index is 0. The molecule has 37 heavy (non-hydrogen) atoms. The maximum atomic E-state index is 11.9. The highest BCUT2D eigenvalue weighted by molar-refractivity contribution is 7.18. The Morgan fingerprint density at radius 3 is 2.22 bits per heavy atom. The molecule has 0 aliphatic heterocycles. The predicted octanol–water partition coefficient (Wildman–Crippen LogP) is 6.36. The fraction of sp³-hybridized carbons (Fsp3) is 0.423. The van der Waals surface area contributed by atoms with Crippen molar-refractivity contribution in [2.45, 2.75) is 54.1 Å². The average molecular weight is 529 g/mol. The van der Waals surface area contributed by atoms with Gasteiger partial charge in [-0.3, -0.25) is 4.79 Å². The Bertz CT molecular complexity index is 1220. The average Bonchev–Trinajstić information content (AvgIpc) is 3.17. The van der Waals surface area contributed by atoms with E-state index in [1.165, 1.54) is 18.3 Å². The van der Waals surface area contributed by atoms with Crippen molar-refractivity contribution < 1.29 is 19.0 Å². The summed E-state index contributed by atoms with van der Waals surface area (Å²) in [4.78, 5) is 14.2. The van der Waals surface area contributed by atoms with Crippen molar-refractivity contribution in [3.8, 4) is 11.5 Å². The molecule has 0 aliphatic rings. The van der Waals surface area contributed by atoms with Crippen LogP contribution < -0.4 is 29.7 Å². The number of carbonyl (C=O) groups excluding carboxylic acids is 1. The first-order valence-electron chi connectivity index (χ1n) is 11.6. The van der Waals surface area contributed by atoms with E-state index >= 15 is 0 Å². The van der Waals surface area contributed by atoms with E-state index in [1.807, 2.05) is 31.3 Å². The van der Waals surface area contributed by atoms with E-state index in [4.69, 9.17) is 9.47 Å². The lowest BCUT2D eigenvalue weighted by atomic mass is 10.2. The van der Waals surface area contributed by atoms with Crippen LogP contribution in [0.5, 0.6) is 11.5 Å². The van der Waals surface area contributed by atoms with Gasteiger partial charge in [-0.15, -0.1) is 4.68 Å². The summed E-state index contributed by atoms with van der Waals surface area (Å²) in [6.07, 6.45) is 0. The molecule has 0 aliphatic carbocycles. The van der Waals surface area contributed by atoms with E-state index < -0.39 is 0 Å². The van der Waals surface area contributed by atoms with Gasteiger partial charge in [-0.2, -0.15) is 0 Å². The van der Waals surface area contributed by atoms with E-state index in [1.54, 1.807) is 31.0 Å². The van der Waals surface area contributed by atoms with Crippen molar-refractivity contribution >= 4 is 50.3 Å². The van der Waals surface area contributed by atoms with Crippen molar-refractivity contribution in [2.24, 2.45) is 17.3 Å². The van der Waals surface area contributed by atoms with Crippen LogP contribution in [-0.2, 0) is 11.8 Å². The molecule has 0 unspecified atom stereocenters.